The van der Waals surface area contributed by atoms with E-state index >= 15 is 0 Å². The number of amides is 1. The van der Waals surface area contributed by atoms with Crippen LogP contribution in [0, 0.1) is 11.6 Å². The van der Waals surface area contributed by atoms with E-state index in [1.54, 1.807) is 0 Å². The van der Waals surface area contributed by atoms with Crippen molar-refractivity contribution in [1.82, 2.24) is 10.1 Å². The number of carboxylic acids is 1. The second-order valence-electron chi connectivity index (χ2n) is 5.89. The van der Waals surface area contributed by atoms with E-state index in [2.05, 4.69) is 5.16 Å². The average molecular weight is 352 g/mol. The van der Waals surface area contributed by atoms with Gasteiger partial charge in [-0.2, -0.15) is 0 Å². The predicted octanol–water partition coefficient (Wildman–Crippen LogP) is 3.19. The highest BCUT2D eigenvalue weighted by atomic mass is 19.2. The monoisotopic (exact) mass is 352 g/mol. The lowest BCUT2D eigenvalue weighted by Gasteiger charge is -2.20. The smallest absolute Gasteiger partial charge is 0.305 e. The summed E-state index contributed by atoms with van der Waals surface area (Å²) in [6.45, 7) is 3.58. The number of rotatable bonds is 7. The van der Waals surface area contributed by atoms with Crippen molar-refractivity contribution in [3.63, 3.8) is 0 Å². The third-order valence-corrected chi connectivity index (χ3v) is 3.57. The summed E-state index contributed by atoms with van der Waals surface area (Å²) >= 11 is 0. The molecule has 8 heteroatoms. The fourth-order valence-corrected chi connectivity index (χ4v) is 2.16. The second kappa shape index (κ2) is 7.87. The first kappa shape index (κ1) is 18.6. The van der Waals surface area contributed by atoms with E-state index in [-0.39, 0.29) is 31.2 Å². The topological polar surface area (TPSA) is 83.6 Å². The number of hydrogen-bond acceptors (Lipinski definition) is 4. The first-order valence-corrected chi connectivity index (χ1v) is 7.69. The van der Waals surface area contributed by atoms with E-state index in [4.69, 9.17) is 9.63 Å². The number of carboxylic acid groups (broad SMARTS) is 1. The van der Waals surface area contributed by atoms with Gasteiger partial charge in [0.05, 0.1) is 12.1 Å². The average Bonchev–Trinajstić information content (AvgIpc) is 3.04. The Hall–Kier alpha value is -2.77. The third kappa shape index (κ3) is 4.85. The molecule has 0 aliphatic heterocycles. The molecule has 0 spiro atoms. The minimum absolute atomic E-state index is 0.0309. The van der Waals surface area contributed by atoms with Gasteiger partial charge in [-0.3, -0.25) is 9.59 Å². The number of aliphatic carboxylic acids is 1. The van der Waals surface area contributed by atoms with Crippen LogP contribution >= 0.6 is 0 Å². The Balaban J connectivity index is 2.22. The van der Waals surface area contributed by atoms with Gasteiger partial charge in [0, 0.05) is 19.2 Å². The van der Waals surface area contributed by atoms with Crippen molar-refractivity contribution in [1.29, 1.82) is 0 Å². The van der Waals surface area contributed by atoms with Gasteiger partial charge in [-0.1, -0.05) is 25.1 Å². The second-order valence-corrected chi connectivity index (χ2v) is 5.89. The summed E-state index contributed by atoms with van der Waals surface area (Å²) in [6, 6.07) is 4.75. The number of aromatic nitrogens is 1. The van der Waals surface area contributed by atoms with E-state index in [1.807, 2.05) is 13.8 Å². The highest BCUT2D eigenvalue weighted by Gasteiger charge is 2.22. The molecule has 0 fully saturated rings. The van der Waals surface area contributed by atoms with Gasteiger partial charge < -0.3 is 14.5 Å². The Labute approximate surface area is 143 Å². The lowest BCUT2D eigenvalue weighted by atomic mass is 10.1. The molecular weight excluding hydrogens is 334 g/mol. The molecule has 6 nitrogen and oxygen atoms in total. The molecule has 1 amide bonds. The van der Waals surface area contributed by atoms with Gasteiger partial charge in [-0.25, -0.2) is 8.78 Å². The number of halogens is 2. The molecular formula is C17H18F2N2O4. The van der Waals surface area contributed by atoms with Crippen LogP contribution in [-0.2, 0) is 11.3 Å². The number of hydrogen-bond donors (Lipinski definition) is 1. The summed E-state index contributed by atoms with van der Waals surface area (Å²) in [6.07, 6.45) is -0.291. The third-order valence-electron chi connectivity index (χ3n) is 3.57. The van der Waals surface area contributed by atoms with Crippen LogP contribution in [0.3, 0.4) is 0 Å². The molecule has 25 heavy (non-hydrogen) atoms. The lowest BCUT2D eigenvalue weighted by Crippen LogP contribution is -2.32. The highest BCUT2D eigenvalue weighted by molar-refractivity contribution is 5.91. The van der Waals surface area contributed by atoms with Gasteiger partial charge in [0.1, 0.15) is 0 Å². The van der Waals surface area contributed by atoms with Gasteiger partial charge in [-0.15, -0.1) is 0 Å². The molecule has 0 bridgehead atoms. The number of benzene rings is 1. The predicted molar refractivity (Wildman–Crippen MR) is 83.9 cm³/mol. The van der Waals surface area contributed by atoms with Crippen LogP contribution in [-0.4, -0.2) is 33.6 Å². The zero-order valence-electron chi connectivity index (χ0n) is 13.8. The van der Waals surface area contributed by atoms with Crippen LogP contribution < -0.4 is 0 Å². The Bertz CT molecular complexity index is 774. The van der Waals surface area contributed by atoms with Crippen LogP contribution in [0.4, 0.5) is 8.78 Å². The van der Waals surface area contributed by atoms with Crippen molar-refractivity contribution in [2.75, 3.05) is 6.54 Å². The molecule has 1 N–H and O–H groups in total. The first-order valence-electron chi connectivity index (χ1n) is 7.69. The minimum atomic E-state index is -1.08. The largest absolute Gasteiger partial charge is 0.481 e. The fourth-order valence-electron chi connectivity index (χ4n) is 2.16. The molecule has 0 saturated heterocycles. The van der Waals surface area contributed by atoms with Crippen LogP contribution in [0.5, 0.6) is 0 Å². The summed E-state index contributed by atoms with van der Waals surface area (Å²) in [5.41, 5.74) is 0.926. The minimum Gasteiger partial charge on any atom is -0.481 e. The molecule has 0 atom stereocenters. The van der Waals surface area contributed by atoms with E-state index in [9.17, 15) is 18.4 Å². The number of carbonyl (C=O) groups is 2. The molecule has 0 aliphatic carbocycles. The van der Waals surface area contributed by atoms with Gasteiger partial charge >= 0.3 is 5.97 Å². The molecule has 0 radical (unpaired) electrons. The van der Waals surface area contributed by atoms with Crippen LogP contribution in [0.15, 0.2) is 28.8 Å². The normalized spacial score (nSPS) is 10.9. The SMILES string of the molecule is CC(C)c1cc(C(=O)N(CCC(=O)O)Cc2ccc(F)c(F)c2)on1. The standard InChI is InChI=1S/C17H18F2N2O4/c1-10(2)14-8-15(25-20-14)17(24)21(6-5-16(22)23)9-11-3-4-12(18)13(19)7-11/h3-4,7-8,10H,5-6,9H2,1-2H3,(H,22,23). The van der Waals surface area contributed by atoms with Gasteiger partial charge in [0.2, 0.25) is 5.76 Å². The van der Waals surface area contributed by atoms with Crippen molar-refractivity contribution in [2.45, 2.75) is 32.7 Å². The van der Waals surface area contributed by atoms with Crippen LogP contribution in [0.1, 0.15) is 48.0 Å². The Morgan fingerprint density at radius 1 is 1.24 bits per heavy atom. The Morgan fingerprint density at radius 3 is 2.52 bits per heavy atom. The van der Waals surface area contributed by atoms with Gasteiger partial charge in [0.15, 0.2) is 11.6 Å². The van der Waals surface area contributed by atoms with E-state index in [0.29, 0.717) is 11.3 Å². The van der Waals surface area contributed by atoms with Crippen LogP contribution in [0.25, 0.3) is 0 Å². The molecule has 2 rings (SSSR count). The summed E-state index contributed by atoms with van der Waals surface area (Å²) in [4.78, 5) is 24.6. The summed E-state index contributed by atoms with van der Waals surface area (Å²) in [5.74, 6) is -3.65. The van der Waals surface area contributed by atoms with Crippen molar-refractivity contribution < 1.29 is 28.0 Å². The van der Waals surface area contributed by atoms with Crippen LogP contribution in [0.2, 0.25) is 0 Å². The fraction of sp³-hybridized carbons (Fsp3) is 0.353. The Kier molecular flexibility index (Phi) is 5.84. The molecule has 134 valence electrons. The molecule has 2 aromatic rings. The maximum Gasteiger partial charge on any atom is 0.305 e. The van der Waals surface area contributed by atoms with E-state index in [0.717, 1.165) is 12.1 Å². The summed E-state index contributed by atoms with van der Waals surface area (Å²) in [7, 11) is 0. The molecule has 0 unspecified atom stereocenters. The molecule has 0 aliphatic rings. The Morgan fingerprint density at radius 2 is 1.96 bits per heavy atom. The highest BCUT2D eigenvalue weighted by Crippen LogP contribution is 2.18. The maximum atomic E-state index is 13.4. The van der Waals surface area contributed by atoms with Gasteiger partial charge in [0.25, 0.3) is 5.91 Å². The first-order chi connectivity index (χ1) is 11.8. The van der Waals surface area contributed by atoms with Crippen molar-refractivity contribution in [3.05, 3.63) is 52.9 Å². The quantitative estimate of drug-likeness (QED) is 0.827. The van der Waals surface area contributed by atoms with Crippen molar-refractivity contribution in [2.24, 2.45) is 0 Å². The van der Waals surface area contributed by atoms with Crippen molar-refractivity contribution >= 4 is 11.9 Å². The lowest BCUT2D eigenvalue weighted by molar-refractivity contribution is -0.137. The molecule has 1 aromatic heterocycles. The maximum absolute atomic E-state index is 13.4. The number of nitrogens with zero attached hydrogens (tertiary/aromatic N) is 2. The molecule has 1 aromatic carbocycles. The van der Waals surface area contributed by atoms with E-state index in [1.165, 1.54) is 17.0 Å². The van der Waals surface area contributed by atoms with Crippen molar-refractivity contribution in [3.8, 4) is 0 Å². The molecule has 1 heterocycles. The van der Waals surface area contributed by atoms with E-state index < -0.39 is 23.5 Å². The molecule has 0 saturated carbocycles. The summed E-state index contributed by atoms with van der Waals surface area (Å²) < 4.78 is 31.4. The summed E-state index contributed by atoms with van der Waals surface area (Å²) in [5, 5.41) is 12.7. The zero-order chi connectivity index (χ0) is 18.6. The van der Waals surface area contributed by atoms with Gasteiger partial charge in [-0.05, 0) is 23.6 Å². The number of carbonyl (C=O) groups excluding carboxylic acids is 1. The zero-order valence-corrected chi connectivity index (χ0v) is 13.8.